The van der Waals surface area contributed by atoms with Gasteiger partial charge in [0.05, 0.1) is 12.4 Å². The Morgan fingerprint density at radius 3 is 3.08 bits per heavy atom. The van der Waals surface area contributed by atoms with E-state index in [0.29, 0.717) is 21.6 Å². The number of halogens is 1. The maximum absolute atomic E-state index is 10.8. The van der Waals surface area contributed by atoms with E-state index in [1.165, 1.54) is 7.11 Å². The van der Waals surface area contributed by atoms with Crippen LogP contribution in [0.3, 0.4) is 0 Å². The molecule has 1 heterocycles. The van der Waals surface area contributed by atoms with Crippen LogP contribution in [0.15, 0.2) is 4.63 Å². The molecular formula is C5H7BrN2O4. The highest BCUT2D eigenvalue weighted by Crippen LogP contribution is 2.06. The SMILES string of the molecule is COOCc1no[n+]([O-])c1CBr. The summed E-state index contributed by atoms with van der Waals surface area (Å²) < 4.78 is 4.33. The Hall–Kier alpha value is -0.660. The Balaban J connectivity index is 2.70. The molecule has 0 spiro atoms. The van der Waals surface area contributed by atoms with E-state index in [1.807, 2.05) is 0 Å². The molecule has 0 unspecified atom stereocenters. The van der Waals surface area contributed by atoms with Gasteiger partial charge in [-0.05, 0) is 4.90 Å². The zero-order valence-corrected chi connectivity index (χ0v) is 7.91. The molecule has 68 valence electrons. The van der Waals surface area contributed by atoms with Gasteiger partial charge in [-0.15, -0.1) is 0 Å². The lowest BCUT2D eigenvalue weighted by Crippen LogP contribution is -2.27. The van der Waals surface area contributed by atoms with Gasteiger partial charge >= 0.3 is 0 Å². The summed E-state index contributed by atoms with van der Waals surface area (Å²) in [6.07, 6.45) is 0. The van der Waals surface area contributed by atoms with Gasteiger partial charge < -0.3 is 5.21 Å². The molecule has 0 aliphatic heterocycles. The van der Waals surface area contributed by atoms with E-state index < -0.39 is 0 Å². The topological polar surface area (TPSA) is 71.4 Å². The Morgan fingerprint density at radius 1 is 1.75 bits per heavy atom. The number of nitrogens with zero attached hydrogens (tertiary/aromatic N) is 2. The fourth-order valence-electron chi connectivity index (χ4n) is 0.644. The van der Waals surface area contributed by atoms with Crippen molar-refractivity contribution in [3.63, 3.8) is 0 Å². The second kappa shape index (κ2) is 4.39. The minimum atomic E-state index is 0.0934. The summed E-state index contributed by atoms with van der Waals surface area (Å²) in [6.45, 7) is 0.0934. The first-order valence-electron chi connectivity index (χ1n) is 3.08. The van der Waals surface area contributed by atoms with Crippen LogP contribution in [0.2, 0.25) is 0 Å². The van der Waals surface area contributed by atoms with Crippen molar-refractivity contribution >= 4 is 15.9 Å². The largest absolute Gasteiger partial charge is 0.359 e. The smallest absolute Gasteiger partial charge is 0.250 e. The molecule has 1 rings (SSSR count). The Labute approximate surface area is 76.6 Å². The minimum Gasteiger partial charge on any atom is -0.359 e. The molecule has 0 saturated heterocycles. The summed E-state index contributed by atoms with van der Waals surface area (Å²) in [5, 5.41) is 14.6. The molecule has 0 saturated carbocycles. The third-order valence-electron chi connectivity index (χ3n) is 1.22. The van der Waals surface area contributed by atoms with E-state index in [-0.39, 0.29) is 6.61 Å². The zero-order chi connectivity index (χ0) is 8.97. The first kappa shape index (κ1) is 9.43. The van der Waals surface area contributed by atoms with Crippen molar-refractivity contribution in [3.8, 4) is 0 Å². The van der Waals surface area contributed by atoms with E-state index >= 15 is 0 Å². The molecule has 0 amide bonds. The second-order valence-electron chi connectivity index (χ2n) is 1.89. The third kappa shape index (κ3) is 1.93. The van der Waals surface area contributed by atoms with Gasteiger partial charge in [-0.3, -0.25) is 4.63 Å². The molecule has 0 N–H and O–H groups in total. The highest BCUT2D eigenvalue weighted by Gasteiger charge is 2.17. The van der Waals surface area contributed by atoms with Crippen LogP contribution in [-0.4, -0.2) is 12.3 Å². The van der Waals surface area contributed by atoms with Gasteiger partial charge in [0, 0.05) is 5.16 Å². The van der Waals surface area contributed by atoms with Gasteiger partial charge in [-0.25, -0.2) is 9.78 Å². The van der Waals surface area contributed by atoms with Crippen molar-refractivity contribution < 1.29 is 19.3 Å². The maximum atomic E-state index is 10.8. The monoisotopic (exact) mass is 238 g/mol. The van der Waals surface area contributed by atoms with Crippen LogP contribution in [0, 0.1) is 5.21 Å². The lowest BCUT2D eigenvalue weighted by Gasteiger charge is -1.93. The summed E-state index contributed by atoms with van der Waals surface area (Å²) in [7, 11) is 1.37. The summed E-state index contributed by atoms with van der Waals surface area (Å²) in [4.78, 5) is 9.25. The molecule has 0 bridgehead atoms. The normalized spacial score (nSPS) is 10.5. The number of rotatable bonds is 4. The molecule has 0 aliphatic carbocycles. The molecule has 0 radical (unpaired) electrons. The summed E-state index contributed by atoms with van der Waals surface area (Å²) in [5.41, 5.74) is 0.802. The molecule has 0 aromatic carbocycles. The molecule has 0 atom stereocenters. The zero-order valence-electron chi connectivity index (χ0n) is 6.32. The molecule has 1 aromatic rings. The van der Waals surface area contributed by atoms with Crippen molar-refractivity contribution in [2.75, 3.05) is 7.11 Å². The first-order chi connectivity index (χ1) is 5.79. The van der Waals surface area contributed by atoms with Gasteiger partial charge in [-0.2, -0.15) is 0 Å². The lowest BCUT2D eigenvalue weighted by molar-refractivity contribution is -0.807. The molecule has 7 heteroatoms. The Morgan fingerprint density at radius 2 is 2.50 bits per heavy atom. The van der Waals surface area contributed by atoms with E-state index in [9.17, 15) is 5.21 Å². The standard InChI is InChI=1S/C5H7BrN2O4/c1-10-11-3-4-5(2-6)8(9)12-7-4/h2-3H2,1H3. The number of alkyl halides is 1. The number of hydrogen-bond donors (Lipinski definition) is 0. The summed E-state index contributed by atoms with van der Waals surface area (Å²) in [5.74, 6) is 0. The van der Waals surface area contributed by atoms with Crippen LogP contribution < -0.4 is 4.90 Å². The van der Waals surface area contributed by atoms with Crippen LogP contribution in [0.25, 0.3) is 0 Å². The van der Waals surface area contributed by atoms with Crippen molar-refractivity contribution in [1.29, 1.82) is 0 Å². The quantitative estimate of drug-likeness (QED) is 0.326. The van der Waals surface area contributed by atoms with E-state index in [1.54, 1.807) is 0 Å². The average molecular weight is 239 g/mol. The number of hydrogen-bond acceptors (Lipinski definition) is 5. The van der Waals surface area contributed by atoms with Gasteiger partial charge in [0.15, 0.2) is 6.61 Å². The van der Waals surface area contributed by atoms with Crippen LogP contribution in [0.1, 0.15) is 11.4 Å². The van der Waals surface area contributed by atoms with Crippen molar-refractivity contribution in [2.24, 2.45) is 0 Å². The van der Waals surface area contributed by atoms with Crippen molar-refractivity contribution in [1.82, 2.24) is 5.16 Å². The third-order valence-corrected chi connectivity index (χ3v) is 1.75. The fourth-order valence-corrected chi connectivity index (χ4v) is 1.17. The Bertz CT molecular complexity index is 252. The van der Waals surface area contributed by atoms with E-state index in [0.717, 1.165) is 0 Å². The van der Waals surface area contributed by atoms with E-state index in [2.05, 4.69) is 35.5 Å². The van der Waals surface area contributed by atoms with Crippen LogP contribution >= 0.6 is 15.9 Å². The van der Waals surface area contributed by atoms with Gasteiger partial charge in [0.2, 0.25) is 5.69 Å². The lowest BCUT2D eigenvalue weighted by atomic mass is 10.4. The minimum absolute atomic E-state index is 0.0934. The molecule has 1 aromatic heterocycles. The molecule has 12 heavy (non-hydrogen) atoms. The van der Waals surface area contributed by atoms with E-state index in [4.69, 9.17) is 0 Å². The highest BCUT2D eigenvalue weighted by atomic mass is 79.9. The highest BCUT2D eigenvalue weighted by molar-refractivity contribution is 9.08. The predicted molar refractivity (Wildman–Crippen MR) is 39.9 cm³/mol. The molecule has 6 nitrogen and oxygen atoms in total. The Kier molecular flexibility index (Phi) is 3.45. The van der Waals surface area contributed by atoms with Crippen molar-refractivity contribution in [3.05, 3.63) is 16.6 Å². The number of aromatic nitrogens is 2. The van der Waals surface area contributed by atoms with Gasteiger partial charge in [-0.1, -0.05) is 15.9 Å². The van der Waals surface area contributed by atoms with Crippen LogP contribution in [0.5, 0.6) is 0 Å². The fraction of sp³-hybridized carbons (Fsp3) is 0.600. The van der Waals surface area contributed by atoms with Crippen LogP contribution in [-0.2, 0) is 21.7 Å². The van der Waals surface area contributed by atoms with Crippen molar-refractivity contribution in [2.45, 2.75) is 11.9 Å². The van der Waals surface area contributed by atoms with Gasteiger partial charge in [0.1, 0.15) is 0 Å². The maximum Gasteiger partial charge on any atom is 0.250 e. The summed E-state index contributed by atoms with van der Waals surface area (Å²) in [6, 6.07) is 0. The van der Waals surface area contributed by atoms with Crippen LogP contribution in [0.4, 0.5) is 0 Å². The van der Waals surface area contributed by atoms with Gasteiger partial charge in [0.25, 0.3) is 5.69 Å². The second-order valence-corrected chi connectivity index (χ2v) is 2.45. The average Bonchev–Trinajstić information content (AvgIpc) is 2.43. The summed E-state index contributed by atoms with van der Waals surface area (Å²) >= 11 is 3.11. The first-order valence-corrected chi connectivity index (χ1v) is 4.20. The molecule has 0 aliphatic rings. The molecular weight excluding hydrogens is 232 g/mol. The predicted octanol–water partition coefficient (Wildman–Crippen LogP) is 0.281. The molecule has 0 fully saturated rings.